The predicted molar refractivity (Wildman–Crippen MR) is 83.1 cm³/mol. The highest BCUT2D eigenvalue weighted by Gasteiger charge is 2.18. The Bertz CT molecular complexity index is 641. The first-order valence-electron chi connectivity index (χ1n) is 6.91. The Morgan fingerprint density at radius 2 is 1.71 bits per heavy atom. The number of hydrogen-bond acceptors (Lipinski definition) is 2. The van der Waals surface area contributed by atoms with E-state index in [2.05, 4.69) is 5.32 Å². The smallest absolute Gasteiger partial charge is 0.146 e. The first-order valence-corrected chi connectivity index (χ1v) is 6.91. The number of anilines is 2. The quantitative estimate of drug-likeness (QED) is 0.902. The average Bonchev–Trinajstić information content (AvgIpc) is 2.48. The second-order valence-corrected chi connectivity index (χ2v) is 5.18. The highest BCUT2D eigenvalue weighted by molar-refractivity contribution is 5.67. The van der Waals surface area contributed by atoms with E-state index in [4.69, 9.17) is 0 Å². The Morgan fingerprint density at radius 3 is 2.33 bits per heavy atom. The Hall–Kier alpha value is -1.94. The molecule has 0 spiro atoms. The molecule has 0 radical (unpaired) electrons. The van der Waals surface area contributed by atoms with Gasteiger partial charge in [0.05, 0.1) is 5.69 Å². The molecule has 2 aromatic rings. The van der Waals surface area contributed by atoms with E-state index in [-0.39, 0.29) is 17.7 Å². The number of nitrogens with one attached hydrogen (secondary N) is 1. The van der Waals surface area contributed by atoms with Crippen molar-refractivity contribution in [2.45, 2.75) is 19.9 Å². The lowest BCUT2D eigenvalue weighted by Gasteiger charge is -2.26. The molecule has 2 nitrogen and oxygen atoms in total. The zero-order valence-corrected chi connectivity index (χ0v) is 12.7. The maximum absolute atomic E-state index is 14.0. The third-order valence-electron chi connectivity index (χ3n) is 3.78. The van der Waals surface area contributed by atoms with E-state index in [9.17, 15) is 8.78 Å². The molecule has 21 heavy (non-hydrogen) atoms. The molecule has 0 bridgehead atoms. The Morgan fingerprint density at radius 1 is 1.05 bits per heavy atom. The normalized spacial score (nSPS) is 12.3. The summed E-state index contributed by atoms with van der Waals surface area (Å²) in [6.07, 6.45) is 0. The zero-order valence-electron chi connectivity index (χ0n) is 12.7. The van der Waals surface area contributed by atoms with Gasteiger partial charge in [-0.2, -0.15) is 0 Å². The van der Waals surface area contributed by atoms with Gasteiger partial charge in [-0.3, -0.25) is 0 Å². The number of nitrogens with zero attached hydrogens (tertiary/aromatic N) is 1. The van der Waals surface area contributed by atoms with Crippen LogP contribution in [0.25, 0.3) is 0 Å². The van der Waals surface area contributed by atoms with Gasteiger partial charge in [-0.05, 0) is 56.3 Å². The van der Waals surface area contributed by atoms with Crippen LogP contribution in [0.4, 0.5) is 20.2 Å². The molecule has 2 aromatic carbocycles. The molecule has 2 rings (SSSR count). The molecule has 4 heteroatoms. The van der Waals surface area contributed by atoms with Crippen LogP contribution in [0.1, 0.15) is 24.1 Å². The summed E-state index contributed by atoms with van der Waals surface area (Å²) in [7, 11) is 3.60. The molecule has 1 atom stereocenters. The summed E-state index contributed by atoms with van der Waals surface area (Å²) in [5.41, 5.74) is 2.60. The van der Waals surface area contributed by atoms with Gasteiger partial charge in [0.2, 0.25) is 0 Å². The van der Waals surface area contributed by atoms with Crippen LogP contribution in [0.15, 0.2) is 36.4 Å². The third kappa shape index (κ3) is 3.05. The lowest BCUT2D eigenvalue weighted by molar-refractivity contribution is 0.600. The number of hydrogen-bond donors (Lipinski definition) is 1. The lowest BCUT2D eigenvalue weighted by atomic mass is 10.0. The van der Waals surface area contributed by atoms with Crippen LogP contribution in [-0.2, 0) is 0 Å². The van der Waals surface area contributed by atoms with Gasteiger partial charge in [-0.15, -0.1) is 0 Å². The van der Waals surface area contributed by atoms with E-state index >= 15 is 0 Å². The van der Waals surface area contributed by atoms with Gasteiger partial charge in [-0.1, -0.05) is 12.1 Å². The summed E-state index contributed by atoms with van der Waals surface area (Å²) < 4.78 is 27.9. The molecule has 0 heterocycles. The first kappa shape index (κ1) is 15.4. The molecule has 0 saturated carbocycles. The fourth-order valence-corrected chi connectivity index (χ4v) is 2.33. The molecule has 1 unspecified atom stereocenters. The Labute approximate surface area is 124 Å². The number of benzene rings is 2. The highest BCUT2D eigenvalue weighted by atomic mass is 19.1. The summed E-state index contributed by atoms with van der Waals surface area (Å²) >= 11 is 0. The van der Waals surface area contributed by atoms with Crippen LogP contribution in [0.3, 0.4) is 0 Å². The summed E-state index contributed by atoms with van der Waals surface area (Å²) in [6.45, 7) is 3.66. The van der Waals surface area contributed by atoms with Crippen molar-refractivity contribution < 1.29 is 8.78 Å². The number of aryl methyl sites for hydroxylation is 1. The van der Waals surface area contributed by atoms with Gasteiger partial charge in [-0.25, -0.2) is 8.78 Å². The van der Waals surface area contributed by atoms with Crippen molar-refractivity contribution in [3.05, 3.63) is 59.2 Å². The molecular weight excluding hydrogens is 270 g/mol. The second kappa shape index (κ2) is 6.22. The van der Waals surface area contributed by atoms with Crippen LogP contribution in [0, 0.1) is 18.6 Å². The maximum Gasteiger partial charge on any atom is 0.146 e. The van der Waals surface area contributed by atoms with Crippen LogP contribution in [0.5, 0.6) is 0 Å². The minimum atomic E-state index is -0.301. The molecule has 0 fully saturated rings. The van der Waals surface area contributed by atoms with Crippen molar-refractivity contribution >= 4 is 11.4 Å². The summed E-state index contributed by atoms with van der Waals surface area (Å²) in [5.74, 6) is -0.553. The Balaban J connectivity index is 2.57. The van der Waals surface area contributed by atoms with Gasteiger partial charge in [0.25, 0.3) is 0 Å². The van der Waals surface area contributed by atoms with E-state index in [1.54, 1.807) is 43.1 Å². The molecule has 0 saturated heterocycles. The van der Waals surface area contributed by atoms with Crippen LogP contribution in [-0.4, -0.2) is 14.1 Å². The molecule has 0 amide bonds. The van der Waals surface area contributed by atoms with E-state index in [1.165, 1.54) is 12.1 Å². The minimum absolute atomic E-state index is 0.0377. The summed E-state index contributed by atoms with van der Waals surface area (Å²) in [4.78, 5) is 1.75. The van der Waals surface area contributed by atoms with E-state index in [1.807, 2.05) is 14.0 Å². The van der Waals surface area contributed by atoms with Crippen LogP contribution >= 0.6 is 0 Å². The molecule has 0 aliphatic rings. The van der Waals surface area contributed by atoms with Gasteiger partial charge in [0.15, 0.2) is 0 Å². The topological polar surface area (TPSA) is 15.3 Å². The standard InChI is InChI=1S/C17H20F2N2/c1-11-9-17(13(10-15(11)19)12(2)20-3)21(4)16-8-6-5-7-14(16)18/h5-10,12,20H,1-4H3. The van der Waals surface area contributed by atoms with Crippen molar-refractivity contribution in [3.8, 4) is 0 Å². The largest absolute Gasteiger partial charge is 0.342 e. The second-order valence-electron chi connectivity index (χ2n) is 5.18. The highest BCUT2D eigenvalue weighted by Crippen LogP contribution is 2.33. The number of halogens is 2. The first-order chi connectivity index (χ1) is 9.95. The fraction of sp³-hybridized carbons (Fsp3) is 0.294. The number of para-hydroxylation sites is 1. The molecular formula is C17H20F2N2. The predicted octanol–water partition coefficient (Wildman–Crippen LogP) is 4.32. The number of rotatable bonds is 4. The van der Waals surface area contributed by atoms with Gasteiger partial charge < -0.3 is 10.2 Å². The van der Waals surface area contributed by atoms with Gasteiger partial charge in [0, 0.05) is 18.8 Å². The lowest BCUT2D eigenvalue weighted by Crippen LogP contribution is -2.19. The molecule has 0 aliphatic carbocycles. The van der Waals surface area contributed by atoms with Gasteiger partial charge in [0.1, 0.15) is 11.6 Å². The third-order valence-corrected chi connectivity index (χ3v) is 3.78. The minimum Gasteiger partial charge on any atom is -0.342 e. The van der Waals surface area contributed by atoms with Crippen LogP contribution in [0.2, 0.25) is 0 Å². The maximum atomic E-state index is 14.0. The molecule has 0 aliphatic heterocycles. The van der Waals surface area contributed by atoms with Crippen molar-refractivity contribution in [1.29, 1.82) is 0 Å². The molecule has 112 valence electrons. The molecule has 1 N–H and O–H groups in total. The van der Waals surface area contributed by atoms with Crippen LogP contribution < -0.4 is 10.2 Å². The summed E-state index contributed by atoms with van der Waals surface area (Å²) in [6, 6.07) is 9.80. The van der Waals surface area contributed by atoms with Crippen molar-refractivity contribution in [2.24, 2.45) is 0 Å². The van der Waals surface area contributed by atoms with Crippen molar-refractivity contribution in [1.82, 2.24) is 5.32 Å². The van der Waals surface area contributed by atoms with Crippen molar-refractivity contribution in [3.63, 3.8) is 0 Å². The van der Waals surface area contributed by atoms with E-state index < -0.39 is 0 Å². The monoisotopic (exact) mass is 290 g/mol. The zero-order chi connectivity index (χ0) is 15.6. The fourth-order valence-electron chi connectivity index (χ4n) is 2.33. The average molecular weight is 290 g/mol. The van der Waals surface area contributed by atoms with E-state index in [0.29, 0.717) is 11.3 Å². The Kier molecular flexibility index (Phi) is 4.58. The van der Waals surface area contributed by atoms with E-state index in [0.717, 1.165) is 11.3 Å². The van der Waals surface area contributed by atoms with Gasteiger partial charge >= 0.3 is 0 Å². The van der Waals surface area contributed by atoms with Crippen molar-refractivity contribution in [2.75, 3.05) is 19.0 Å². The SMILES string of the molecule is CNC(C)c1cc(F)c(C)cc1N(C)c1ccccc1F. The molecule has 0 aromatic heterocycles. The summed E-state index contributed by atoms with van der Waals surface area (Å²) in [5, 5.41) is 3.10.